The highest BCUT2D eigenvalue weighted by Gasteiger charge is 2.40. The van der Waals surface area contributed by atoms with Crippen molar-refractivity contribution in [2.45, 2.75) is 57.7 Å². The second-order valence-electron chi connectivity index (χ2n) is 5.81. The Morgan fingerprint density at radius 1 is 1.38 bits per heavy atom. The number of guanidine groups is 1. The first kappa shape index (κ1) is 12.8. The molecule has 0 bridgehead atoms. The van der Waals surface area contributed by atoms with Crippen molar-refractivity contribution in [3.05, 3.63) is 0 Å². The molecule has 5 nitrogen and oxygen atoms in total. The molecule has 1 aliphatic heterocycles. The SMILES string of the molecule is CC1(C)CC(N(C#N)C(=N)N)CC(C)(C)N1. The van der Waals surface area contributed by atoms with E-state index in [9.17, 15) is 0 Å². The summed E-state index contributed by atoms with van der Waals surface area (Å²) in [6.45, 7) is 8.43. The zero-order valence-electron chi connectivity index (χ0n) is 10.5. The van der Waals surface area contributed by atoms with Crippen LogP contribution in [0.1, 0.15) is 40.5 Å². The predicted molar refractivity (Wildman–Crippen MR) is 63.7 cm³/mol. The molecule has 1 rings (SSSR count). The van der Waals surface area contributed by atoms with Gasteiger partial charge in [-0.2, -0.15) is 5.26 Å². The second kappa shape index (κ2) is 3.95. The first-order valence-electron chi connectivity index (χ1n) is 5.49. The third-order valence-corrected chi connectivity index (χ3v) is 2.90. The standard InChI is InChI=1S/C11H21N5/c1-10(2)5-8(6-11(3,4)15-10)16(7-12)9(13)14/h8,15H,5-6H2,1-4H3,(H3,13,14). The molecule has 0 aliphatic carbocycles. The summed E-state index contributed by atoms with van der Waals surface area (Å²) in [5.74, 6) is -0.166. The normalized spacial score (nSPS) is 23.4. The van der Waals surface area contributed by atoms with Gasteiger partial charge in [-0.1, -0.05) is 0 Å². The third-order valence-electron chi connectivity index (χ3n) is 2.90. The van der Waals surface area contributed by atoms with Gasteiger partial charge in [-0.15, -0.1) is 0 Å². The van der Waals surface area contributed by atoms with Crippen LogP contribution in [-0.4, -0.2) is 28.0 Å². The second-order valence-corrected chi connectivity index (χ2v) is 5.81. The molecule has 0 aromatic carbocycles. The van der Waals surface area contributed by atoms with Gasteiger partial charge in [0.25, 0.3) is 0 Å². The fraction of sp³-hybridized carbons (Fsp3) is 0.818. The molecule has 16 heavy (non-hydrogen) atoms. The molecular formula is C11H21N5. The van der Waals surface area contributed by atoms with Gasteiger partial charge < -0.3 is 11.1 Å². The van der Waals surface area contributed by atoms with Crippen molar-refractivity contribution in [3.8, 4) is 6.19 Å². The van der Waals surface area contributed by atoms with Crippen LogP contribution in [0.5, 0.6) is 0 Å². The lowest BCUT2D eigenvalue weighted by Gasteiger charge is -2.48. The third kappa shape index (κ3) is 2.86. The van der Waals surface area contributed by atoms with Gasteiger partial charge in [0.15, 0.2) is 6.19 Å². The van der Waals surface area contributed by atoms with E-state index >= 15 is 0 Å². The maximum absolute atomic E-state index is 9.02. The number of nitrogens with one attached hydrogen (secondary N) is 2. The predicted octanol–water partition coefficient (Wildman–Crippen LogP) is 0.972. The van der Waals surface area contributed by atoms with Gasteiger partial charge in [0.05, 0.1) is 6.04 Å². The Labute approximate surface area is 97.1 Å². The van der Waals surface area contributed by atoms with Gasteiger partial charge in [0, 0.05) is 11.1 Å². The minimum atomic E-state index is -0.166. The first-order valence-corrected chi connectivity index (χ1v) is 5.49. The molecule has 0 aromatic rings. The molecule has 0 saturated carbocycles. The summed E-state index contributed by atoms with van der Waals surface area (Å²) < 4.78 is 0. The van der Waals surface area contributed by atoms with Gasteiger partial charge in [-0.25, -0.2) is 4.90 Å². The summed E-state index contributed by atoms with van der Waals surface area (Å²) in [5, 5.41) is 20.0. The van der Waals surface area contributed by atoms with E-state index in [1.54, 1.807) is 0 Å². The van der Waals surface area contributed by atoms with Crippen LogP contribution in [0, 0.1) is 16.9 Å². The van der Waals surface area contributed by atoms with E-state index in [0.29, 0.717) is 0 Å². The lowest BCUT2D eigenvalue weighted by molar-refractivity contribution is 0.122. The molecular weight excluding hydrogens is 202 g/mol. The molecule has 1 fully saturated rings. The number of nitrogens with two attached hydrogens (primary N) is 1. The lowest BCUT2D eigenvalue weighted by atomic mass is 9.79. The fourth-order valence-electron chi connectivity index (χ4n) is 2.78. The summed E-state index contributed by atoms with van der Waals surface area (Å²) in [6.07, 6.45) is 3.62. The van der Waals surface area contributed by atoms with E-state index < -0.39 is 0 Å². The Hall–Kier alpha value is -1.28. The van der Waals surface area contributed by atoms with Crippen LogP contribution in [0.15, 0.2) is 0 Å². The zero-order valence-corrected chi connectivity index (χ0v) is 10.5. The van der Waals surface area contributed by atoms with Crippen molar-refractivity contribution in [2.75, 3.05) is 0 Å². The lowest BCUT2D eigenvalue weighted by Crippen LogP contribution is -2.62. The van der Waals surface area contributed by atoms with E-state index in [1.807, 2.05) is 6.19 Å². The Bertz CT molecular complexity index is 310. The van der Waals surface area contributed by atoms with E-state index in [4.69, 9.17) is 16.4 Å². The molecule has 1 saturated heterocycles. The van der Waals surface area contributed by atoms with E-state index in [2.05, 4.69) is 33.0 Å². The Morgan fingerprint density at radius 2 is 1.81 bits per heavy atom. The van der Waals surface area contributed by atoms with Crippen molar-refractivity contribution in [1.29, 1.82) is 10.7 Å². The molecule has 0 radical (unpaired) electrons. The number of hydrogen-bond donors (Lipinski definition) is 3. The number of rotatable bonds is 1. The Kier molecular flexibility index (Phi) is 3.15. The Balaban J connectivity index is 2.90. The van der Waals surface area contributed by atoms with Crippen LogP contribution >= 0.6 is 0 Å². The molecule has 0 atom stereocenters. The fourth-order valence-corrected chi connectivity index (χ4v) is 2.78. The summed E-state index contributed by atoms with van der Waals surface area (Å²) >= 11 is 0. The van der Waals surface area contributed by atoms with Gasteiger partial charge in [0.1, 0.15) is 0 Å². The van der Waals surface area contributed by atoms with Crippen molar-refractivity contribution in [3.63, 3.8) is 0 Å². The van der Waals surface area contributed by atoms with Crippen molar-refractivity contribution in [1.82, 2.24) is 10.2 Å². The molecule has 1 heterocycles. The molecule has 0 spiro atoms. The smallest absolute Gasteiger partial charge is 0.202 e. The topological polar surface area (TPSA) is 88.9 Å². The number of nitriles is 1. The number of nitrogens with zero attached hydrogens (tertiary/aromatic N) is 2. The van der Waals surface area contributed by atoms with E-state index in [0.717, 1.165) is 12.8 Å². The number of hydrogen-bond acceptors (Lipinski definition) is 3. The molecule has 90 valence electrons. The molecule has 5 heteroatoms. The van der Waals surface area contributed by atoms with Crippen LogP contribution in [0.4, 0.5) is 0 Å². The minimum absolute atomic E-state index is 0.00810. The van der Waals surface area contributed by atoms with Gasteiger partial charge >= 0.3 is 0 Å². The molecule has 0 aromatic heterocycles. The monoisotopic (exact) mass is 223 g/mol. The van der Waals surface area contributed by atoms with Crippen LogP contribution in [0.25, 0.3) is 0 Å². The van der Waals surface area contributed by atoms with Gasteiger partial charge in [0.2, 0.25) is 5.96 Å². The number of piperidine rings is 1. The summed E-state index contributed by atoms with van der Waals surface area (Å²) in [6, 6.07) is 0.00810. The van der Waals surface area contributed by atoms with Crippen LogP contribution in [-0.2, 0) is 0 Å². The largest absolute Gasteiger partial charge is 0.369 e. The highest BCUT2D eigenvalue weighted by atomic mass is 15.3. The summed E-state index contributed by atoms with van der Waals surface area (Å²) in [4.78, 5) is 1.31. The zero-order chi connectivity index (χ0) is 12.6. The molecule has 0 unspecified atom stereocenters. The van der Waals surface area contributed by atoms with Crippen molar-refractivity contribution in [2.24, 2.45) is 5.73 Å². The summed E-state index contributed by atoms with van der Waals surface area (Å²) in [5.41, 5.74) is 5.33. The highest BCUT2D eigenvalue weighted by Crippen LogP contribution is 2.31. The average molecular weight is 223 g/mol. The molecule has 0 amide bonds. The Morgan fingerprint density at radius 3 is 2.12 bits per heavy atom. The average Bonchev–Trinajstić information content (AvgIpc) is 1.97. The highest BCUT2D eigenvalue weighted by molar-refractivity contribution is 5.76. The minimum Gasteiger partial charge on any atom is -0.369 e. The van der Waals surface area contributed by atoms with Gasteiger partial charge in [-0.05, 0) is 40.5 Å². The van der Waals surface area contributed by atoms with Gasteiger partial charge in [-0.3, -0.25) is 5.41 Å². The van der Waals surface area contributed by atoms with Crippen molar-refractivity contribution < 1.29 is 0 Å². The maximum atomic E-state index is 9.02. The van der Waals surface area contributed by atoms with Crippen LogP contribution in [0.2, 0.25) is 0 Å². The van der Waals surface area contributed by atoms with Crippen molar-refractivity contribution >= 4 is 5.96 Å². The summed E-state index contributed by atoms with van der Waals surface area (Å²) in [7, 11) is 0. The van der Waals surface area contributed by atoms with E-state index in [-0.39, 0.29) is 23.1 Å². The van der Waals surface area contributed by atoms with Crippen LogP contribution in [0.3, 0.4) is 0 Å². The quantitative estimate of drug-likeness (QED) is 0.267. The maximum Gasteiger partial charge on any atom is 0.202 e. The van der Waals surface area contributed by atoms with E-state index in [1.165, 1.54) is 4.90 Å². The first-order chi connectivity index (χ1) is 7.17. The molecule has 4 N–H and O–H groups in total. The van der Waals surface area contributed by atoms with Crippen LogP contribution < -0.4 is 11.1 Å². The molecule has 1 aliphatic rings.